The van der Waals surface area contributed by atoms with Gasteiger partial charge in [-0.3, -0.25) is 19.8 Å². The minimum atomic E-state index is -4.41. The summed E-state index contributed by atoms with van der Waals surface area (Å²) in [5.41, 5.74) is 1.20. The van der Waals surface area contributed by atoms with E-state index in [-0.39, 0.29) is 17.0 Å². The van der Waals surface area contributed by atoms with Crippen molar-refractivity contribution >= 4 is 16.8 Å². The summed E-state index contributed by atoms with van der Waals surface area (Å²) >= 11 is 0. The summed E-state index contributed by atoms with van der Waals surface area (Å²) in [6.07, 6.45) is -1.75. The molecule has 1 aliphatic rings. The second-order valence-corrected chi connectivity index (χ2v) is 8.49. The Bertz CT molecular complexity index is 1470. The molecule has 1 atom stereocenters. The van der Waals surface area contributed by atoms with E-state index in [9.17, 15) is 22.8 Å². The number of fused-ring (bicyclic) bond motifs is 1. The van der Waals surface area contributed by atoms with E-state index >= 15 is 0 Å². The van der Waals surface area contributed by atoms with Crippen LogP contribution in [-0.2, 0) is 12.7 Å². The van der Waals surface area contributed by atoms with E-state index in [1.54, 1.807) is 24.4 Å². The molecule has 182 valence electrons. The molecule has 5 rings (SSSR count). The number of nitrogens with one attached hydrogen (secondary N) is 2. The molecule has 1 saturated heterocycles. The maximum atomic E-state index is 12.8. The number of alkyl halides is 3. The molecule has 4 heterocycles. The van der Waals surface area contributed by atoms with Gasteiger partial charge in [0.15, 0.2) is 0 Å². The Kier molecular flexibility index (Phi) is 5.67. The number of piperazine rings is 1. The third-order valence-electron chi connectivity index (χ3n) is 6.11. The van der Waals surface area contributed by atoms with E-state index in [1.165, 1.54) is 6.07 Å². The lowest BCUT2D eigenvalue weighted by molar-refractivity contribution is -0.137. The summed E-state index contributed by atoms with van der Waals surface area (Å²) in [7, 11) is 0. The molecule has 0 saturated carbocycles. The van der Waals surface area contributed by atoms with Gasteiger partial charge in [-0.2, -0.15) is 18.3 Å². The van der Waals surface area contributed by atoms with E-state index in [1.807, 2.05) is 11.8 Å². The molecule has 2 N–H and O–H groups in total. The number of anilines is 1. The van der Waals surface area contributed by atoms with Crippen molar-refractivity contribution in [2.75, 3.05) is 24.5 Å². The zero-order valence-electron chi connectivity index (χ0n) is 18.6. The highest BCUT2D eigenvalue weighted by Crippen LogP contribution is 2.30. The Morgan fingerprint density at radius 3 is 2.71 bits per heavy atom. The van der Waals surface area contributed by atoms with Crippen molar-refractivity contribution < 1.29 is 17.6 Å². The van der Waals surface area contributed by atoms with E-state index in [2.05, 4.69) is 25.1 Å². The lowest BCUT2D eigenvalue weighted by atomic mass is 10.1. The fourth-order valence-corrected chi connectivity index (χ4v) is 4.40. The summed E-state index contributed by atoms with van der Waals surface area (Å²) < 4.78 is 43.5. The van der Waals surface area contributed by atoms with Crippen molar-refractivity contribution in [1.29, 1.82) is 0 Å². The first-order valence-electron chi connectivity index (χ1n) is 10.9. The molecule has 0 unspecified atom stereocenters. The molecule has 12 heteroatoms. The molecule has 0 spiro atoms. The van der Waals surface area contributed by atoms with E-state index in [0.717, 1.165) is 17.8 Å². The second-order valence-electron chi connectivity index (χ2n) is 8.49. The fraction of sp³-hybridized carbons (Fsp3) is 0.304. The number of halogens is 3. The lowest BCUT2D eigenvalue weighted by Crippen LogP contribution is -2.51. The van der Waals surface area contributed by atoms with Crippen LogP contribution in [0.4, 0.5) is 19.0 Å². The van der Waals surface area contributed by atoms with Crippen LogP contribution in [0.25, 0.3) is 22.2 Å². The van der Waals surface area contributed by atoms with Crippen molar-refractivity contribution in [3.63, 3.8) is 0 Å². The third kappa shape index (κ3) is 4.56. The summed E-state index contributed by atoms with van der Waals surface area (Å²) in [6.45, 7) is 4.56. The molecule has 3 aromatic heterocycles. The largest absolute Gasteiger partial charge is 0.419 e. The maximum Gasteiger partial charge on any atom is 0.419 e. The van der Waals surface area contributed by atoms with Gasteiger partial charge < -0.3 is 9.32 Å². The summed E-state index contributed by atoms with van der Waals surface area (Å²) in [6, 6.07) is 7.43. The number of rotatable bonds is 4. The SMILES string of the molecule is C[C@H]1CN(Cc2c[nH]nc2-c2ccc3oc(=O)[nH]c(=O)c3c2)CCN1c1ccc(C(F)(F)F)cn1. The molecular formula is C23H21F3N6O3. The van der Waals surface area contributed by atoms with Crippen molar-refractivity contribution in [2.24, 2.45) is 0 Å². The van der Waals surface area contributed by atoms with Gasteiger partial charge in [-0.15, -0.1) is 0 Å². The molecule has 1 aliphatic heterocycles. The first-order chi connectivity index (χ1) is 16.7. The van der Waals surface area contributed by atoms with Gasteiger partial charge in [-0.05, 0) is 37.3 Å². The summed E-state index contributed by atoms with van der Waals surface area (Å²) in [4.78, 5) is 33.9. The molecule has 1 aromatic carbocycles. The highest BCUT2D eigenvalue weighted by Gasteiger charge is 2.32. The Balaban J connectivity index is 1.31. The third-order valence-corrected chi connectivity index (χ3v) is 6.11. The highest BCUT2D eigenvalue weighted by molar-refractivity contribution is 5.82. The summed E-state index contributed by atoms with van der Waals surface area (Å²) in [5.74, 6) is -0.294. The average Bonchev–Trinajstić information content (AvgIpc) is 3.26. The van der Waals surface area contributed by atoms with Crippen LogP contribution in [0.2, 0.25) is 0 Å². The second kappa shape index (κ2) is 8.69. The van der Waals surface area contributed by atoms with Crippen molar-refractivity contribution in [2.45, 2.75) is 25.7 Å². The Hall–Kier alpha value is -3.93. The zero-order valence-corrected chi connectivity index (χ0v) is 18.6. The zero-order chi connectivity index (χ0) is 24.7. The molecule has 0 amide bonds. The number of nitrogens with zero attached hydrogens (tertiary/aromatic N) is 4. The smallest absolute Gasteiger partial charge is 0.409 e. The maximum absolute atomic E-state index is 12.8. The van der Waals surface area contributed by atoms with Crippen molar-refractivity contribution in [3.05, 3.63) is 74.8 Å². The van der Waals surface area contributed by atoms with Gasteiger partial charge in [0.2, 0.25) is 0 Å². The van der Waals surface area contributed by atoms with Gasteiger partial charge in [0.1, 0.15) is 11.4 Å². The fourth-order valence-electron chi connectivity index (χ4n) is 4.40. The molecule has 0 radical (unpaired) electrons. The predicted octanol–water partition coefficient (Wildman–Crippen LogP) is 3.00. The number of benzene rings is 1. The molecule has 35 heavy (non-hydrogen) atoms. The monoisotopic (exact) mass is 486 g/mol. The van der Waals surface area contributed by atoms with Crippen molar-refractivity contribution in [3.8, 4) is 11.3 Å². The number of H-pyrrole nitrogens is 2. The van der Waals surface area contributed by atoms with Crippen LogP contribution in [0.1, 0.15) is 18.1 Å². The normalized spacial score (nSPS) is 17.3. The van der Waals surface area contributed by atoms with E-state index in [0.29, 0.717) is 43.3 Å². The van der Waals surface area contributed by atoms with Crippen LogP contribution < -0.4 is 16.2 Å². The van der Waals surface area contributed by atoms with Gasteiger partial charge in [-0.25, -0.2) is 9.78 Å². The number of hydrogen-bond donors (Lipinski definition) is 2. The van der Waals surface area contributed by atoms with Gasteiger partial charge in [0.05, 0.1) is 16.6 Å². The van der Waals surface area contributed by atoms with Gasteiger partial charge in [0.25, 0.3) is 5.56 Å². The van der Waals surface area contributed by atoms with Crippen LogP contribution in [0.3, 0.4) is 0 Å². The van der Waals surface area contributed by atoms with E-state index in [4.69, 9.17) is 4.42 Å². The van der Waals surface area contributed by atoms with Crippen LogP contribution in [-0.4, -0.2) is 50.7 Å². The quantitative estimate of drug-likeness (QED) is 0.456. The molecule has 4 aromatic rings. The van der Waals surface area contributed by atoms with Crippen LogP contribution in [0.15, 0.2) is 56.7 Å². The molecular weight excluding hydrogens is 465 g/mol. The Labute approximate surface area is 196 Å². The minimum absolute atomic E-state index is 0.0328. The number of hydrogen-bond acceptors (Lipinski definition) is 7. The lowest BCUT2D eigenvalue weighted by Gasteiger charge is -2.40. The first-order valence-corrected chi connectivity index (χ1v) is 10.9. The minimum Gasteiger partial charge on any atom is -0.409 e. The van der Waals surface area contributed by atoms with Gasteiger partial charge in [-0.1, -0.05) is 0 Å². The Morgan fingerprint density at radius 2 is 2.00 bits per heavy atom. The number of aromatic amines is 2. The first kappa shape index (κ1) is 22.8. The van der Waals surface area contributed by atoms with Crippen LogP contribution in [0, 0.1) is 0 Å². The van der Waals surface area contributed by atoms with Gasteiger partial charge in [0, 0.05) is 55.7 Å². The van der Waals surface area contributed by atoms with Crippen molar-refractivity contribution in [1.82, 2.24) is 25.1 Å². The molecule has 0 bridgehead atoms. The van der Waals surface area contributed by atoms with Crippen LogP contribution in [0.5, 0.6) is 0 Å². The average molecular weight is 486 g/mol. The standard InChI is InChI=1S/C23H21F3N6O3/c1-13-11-31(6-7-32(13)19-5-3-16(10-27-19)23(24,25)26)12-15-9-28-30-20(15)14-2-4-18-17(8-14)21(33)29-22(34)35-18/h2-5,8-10,13H,6-7,11-12H2,1H3,(H,28,30)(H,29,33,34)/t13-/m0/s1. The van der Waals surface area contributed by atoms with E-state index < -0.39 is 23.1 Å². The predicted molar refractivity (Wildman–Crippen MR) is 122 cm³/mol. The Morgan fingerprint density at radius 1 is 1.17 bits per heavy atom. The molecule has 0 aliphatic carbocycles. The molecule has 1 fully saturated rings. The number of aromatic nitrogens is 4. The summed E-state index contributed by atoms with van der Waals surface area (Å²) in [5, 5.41) is 7.47. The van der Waals surface area contributed by atoms with Crippen LogP contribution >= 0.6 is 0 Å². The molecule has 9 nitrogen and oxygen atoms in total. The highest BCUT2D eigenvalue weighted by atomic mass is 19.4. The topological polar surface area (TPSA) is 111 Å². The van der Waals surface area contributed by atoms with Gasteiger partial charge >= 0.3 is 11.9 Å². The number of pyridine rings is 1.